The SMILES string of the molecule is CC(F)(CN)CCc1cccc(Br)c1. The first-order valence-corrected chi connectivity index (χ1v) is 5.46. The minimum absolute atomic E-state index is 0.0843. The average Bonchev–Trinajstić information content (AvgIpc) is 2.15. The molecule has 0 heterocycles. The number of alkyl halides is 1. The van der Waals surface area contributed by atoms with Crippen molar-refractivity contribution >= 4 is 15.9 Å². The van der Waals surface area contributed by atoms with E-state index in [0.717, 1.165) is 16.5 Å². The Hall–Kier alpha value is -0.410. The zero-order valence-corrected chi connectivity index (χ0v) is 9.85. The lowest BCUT2D eigenvalue weighted by Gasteiger charge is -2.17. The van der Waals surface area contributed by atoms with Crippen molar-refractivity contribution in [2.24, 2.45) is 5.73 Å². The third-order valence-electron chi connectivity index (χ3n) is 2.25. The van der Waals surface area contributed by atoms with Gasteiger partial charge in [0.15, 0.2) is 0 Å². The van der Waals surface area contributed by atoms with Crippen LogP contribution in [-0.2, 0) is 6.42 Å². The van der Waals surface area contributed by atoms with E-state index in [9.17, 15) is 4.39 Å². The molecule has 0 aliphatic heterocycles. The Morgan fingerprint density at radius 2 is 2.21 bits per heavy atom. The molecule has 1 aromatic rings. The maximum atomic E-state index is 13.5. The van der Waals surface area contributed by atoms with Crippen LogP contribution in [-0.4, -0.2) is 12.2 Å². The van der Waals surface area contributed by atoms with Crippen LogP contribution in [0.3, 0.4) is 0 Å². The second-order valence-corrected chi connectivity index (χ2v) is 4.66. The number of hydrogen-bond donors (Lipinski definition) is 1. The maximum absolute atomic E-state index is 13.5. The standard InChI is InChI=1S/C11H15BrFN/c1-11(13,8-14)6-5-9-3-2-4-10(12)7-9/h2-4,7H,5-6,8,14H2,1H3. The molecule has 0 bridgehead atoms. The molecule has 1 unspecified atom stereocenters. The van der Waals surface area contributed by atoms with Crippen LogP contribution < -0.4 is 5.73 Å². The van der Waals surface area contributed by atoms with Crippen LogP contribution in [0.15, 0.2) is 28.7 Å². The van der Waals surface area contributed by atoms with Gasteiger partial charge in [-0.25, -0.2) is 4.39 Å². The quantitative estimate of drug-likeness (QED) is 0.884. The highest BCUT2D eigenvalue weighted by atomic mass is 79.9. The van der Waals surface area contributed by atoms with Crippen LogP contribution in [0.1, 0.15) is 18.9 Å². The molecule has 0 fully saturated rings. The minimum Gasteiger partial charge on any atom is -0.328 e. The van der Waals surface area contributed by atoms with Crippen LogP contribution in [0, 0.1) is 0 Å². The summed E-state index contributed by atoms with van der Waals surface area (Å²) in [6, 6.07) is 7.92. The predicted molar refractivity (Wildman–Crippen MR) is 61.0 cm³/mol. The van der Waals surface area contributed by atoms with Crippen molar-refractivity contribution in [1.29, 1.82) is 0 Å². The van der Waals surface area contributed by atoms with Gasteiger partial charge in [-0.2, -0.15) is 0 Å². The van der Waals surface area contributed by atoms with Gasteiger partial charge in [-0.15, -0.1) is 0 Å². The number of rotatable bonds is 4. The van der Waals surface area contributed by atoms with Gasteiger partial charge < -0.3 is 5.73 Å². The van der Waals surface area contributed by atoms with Crippen molar-refractivity contribution in [1.82, 2.24) is 0 Å². The molecule has 1 nitrogen and oxygen atoms in total. The van der Waals surface area contributed by atoms with Crippen molar-refractivity contribution in [3.05, 3.63) is 34.3 Å². The van der Waals surface area contributed by atoms with Gasteiger partial charge in [0, 0.05) is 11.0 Å². The highest BCUT2D eigenvalue weighted by Gasteiger charge is 2.20. The summed E-state index contributed by atoms with van der Waals surface area (Å²) in [5.74, 6) is 0. The molecule has 0 saturated heterocycles. The zero-order valence-electron chi connectivity index (χ0n) is 8.26. The van der Waals surface area contributed by atoms with Gasteiger partial charge in [0.05, 0.1) is 0 Å². The third kappa shape index (κ3) is 3.76. The fourth-order valence-electron chi connectivity index (χ4n) is 1.20. The Labute approximate surface area is 92.6 Å². The Kier molecular flexibility index (Phi) is 4.08. The van der Waals surface area contributed by atoms with Gasteiger partial charge in [0.25, 0.3) is 0 Å². The van der Waals surface area contributed by atoms with Crippen LogP contribution >= 0.6 is 15.9 Å². The van der Waals surface area contributed by atoms with Gasteiger partial charge in [0.2, 0.25) is 0 Å². The molecule has 0 amide bonds. The lowest BCUT2D eigenvalue weighted by molar-refractivity contribution is 0.186. The number of aryl methyl sites for hydroxylation is 1. The molecule has 0 radical (unpaired) electrons. The largest absolute Gasteiger partial charge is 0.328 e. The normalized spacial score (nSPS) is 15.1. The highest BCUT2D eigenvalue weighted by Crippen LogP contribution is 2.19. The molecule has 0 spiro atoms. The summed E-state index contributed by atoms with van der Waals surface area (Å²) in [6.07, 6.45) is 1.20. The Morgan fingerprint density at radius 3 is 2.79 bits per heavy atom. The van der Waals surface area contributed by atoms with E-state index in [1.54, 1.807) is 6.92 Å². The summed E-state index contributed by atoms with van der Waals surface area (Å²) in [5, 5.41) is 0. The monoisotopic (exact) mass is 259 g/mol. The van der Waals surface area contributed by atoms with Crippen molar-refractivity contribution in [2.45, 2.75) is 25.4 Å². The summed E-state index contributed by atoms with van der Waals surface area (Å²) in [7, 11) is 0. The van der Waals surface area contributed by atoms with Crippen LogP contribution in [0.25, 0.3) is 0 Å². The lowest BCUT2D eigenvalue weighted by atomic mass is 9.99. The molecule has 0 aromatic heterocycles. The molecular formula is C11H15BrFN. The van der Waals surface area contributed by atoms with E-state index in [2.05, 4.69) is 15.9 Å². The van der Waals surface area contributed by atoms with E-state index in [0.29, 0.717) is 6.42 Å². The van der Waals surface area contributed by atoms with Crippen molar-refractivity contribution < 1.29 is 4.39 Å². The average molecular weight is 260 g/mol. The molecule has 1 rings (SSSR count). The first kappa shape index (κ1) is 11.7. The Balaban J connectivity index is 2.54. The molecular weight excluding hydrogens is 245 g/mol. The fourth-order valence-corrected chi connectivity index (χ4v) is 1.65. The minimum atomic E-state index is -1.25. The number of benzene rings is 1. The zero-order chi connectivity index (χ0) is 10.6. The second kappa shape index (κ2) is 4.89. The fraction of sp³-hybridized carbons (Fsp3) is 0.455. The first-order valence-electron chi connectivity index (χ1n) is 4.67. The van der Waals surface area contributed by atoms with E-state index >= 15 is 0 Å². The van der Waals surface area contributed by atoms with Crippen molar-refractivity contribution in [3.8, 4) is 0 Å². The first-order chi connectivity index (χ1) is 6.53. The Bertz CT molecular complexity index is 299. The molecule has 14 heavy (non-hydrogen) atoms. The van der Waals surface area contributed by atoms with Crippen molar-refractivity contribution in [3.63, 3.8) is 0 Å². The van der Waals surface area contributed by atoms with Gasteiger partial charge in [-0.3, -0.25) is 0 Å². The summed E-state index contributed by atoms with van der Waals surface area (Å²) in [5.41, 5.74) is 5.20. The van der Waals surface area contributed by atoms with Crippen LogP contribution in [0.4, 0.5) is 4.39 Å². The van der Waals surface area contributed by atoms with Gasteiger partial charge in [-0.1, -0.05) is 28.1 Å². The van der Waals surface area contributed by atoms with E-state index in [-0.39, 0.29) is 6.54 Å². The van der Waals surface area contributed by atoms with E-state index in [1.165, 1.54) is 0 Å². The lowest BCUT2D eigenvalue weighted by Crippen LogP contribution is -2.29. The summed E-state index contributed by atoms with van der Waals surface area (Å²) < 4.78 is 14.5. The van der Waals surface area contributed by atoms with E-state index < -0.39 is 5.67 Å². The third-order valence-corrected chi connectivity index (χ3v) is 2.74. The number of hydrogen-bond acceptors (Lipinski definition) is 1. The Morgan fingerprint density at radius 1 is 1.50 bits per heavy atom. The van der Waals surface area contributed by atoms with Gasteiger partial charge >= 0.3 is 0 Å². The topological polar surface area (TPSA) is 26.0 Å². The molecule has 1 atom stereocenters. The maximum Gasteiger partial charge on any atom is 0.120 e. The highest BCUT2D eigenvalue weighted by molar-refractivity contribution is 9.10. The van der Waals surface area contributed by atoms with Crippen LogP contribution in [0.5, 0.6) is 0 Å². The second-order valence-electron chi connectivity index (χ2n) is 3.75. The van der Waals surface area contributed by atoms with Crippen LogP contribution in [0.2, 0.25) is 0 Å². The number of halogens is 2. The summed E-state index contributed by atoms with van der Waals surface area (Å²) in [4.78, 5) is 0. The molecule has 78 valence electrons. The predicted octanol–water partition coefficient (Wildman–Crippen LogP) is 3.07. The molecule has 0 aliphatic rings. The van der Waals surface area contributed by atoms with Gasteiger partial charge in [0.1, 0.15) is 5.67 Å². The molecule has 0 saturated carbocycles. The van der Waals surface area contributed by atoms with Crippen molar-refractivity contribution in [2.75, 3.05) is 6.54 Å². The van der Waals surface area contributed by atoms with E-state index in [1.807, 2.05) is 24.3 Å². The smallest absolute Gasteiger partial charge is 0.120 e. The molecule has 2 N–H and O–H groups in total. The van der Waals surface area contributed by atoms with E-state index in [4.69, 9.17) is 5.73 Å². The van der Waals surface area contributed by atoms with Gasteiger partial charge in [-0.05, 0) is 37.5 Å². The molecule has 1 aromatic carbocycles. The molecule has 0 aliphatic carbocycles. The molecule has 3 heteroatoms. The summed E-state index contributed by atoms with van der Waals surface area (Å²) in [6.45, 7) is 1.63. The summed E-state index contributed by atoms with van der Waals surface area (Å²) >= 11 is 3.38. The number of nitrogens with two attached hydrogens (primary N) is 1.